The van der Waals surface area contributed by atoms with Crippen molar-refractivity contribution in [3.8, 4) is 5.75 Å². The fourth-order valence-electron chi connectivity index (χ4n) is 1.21. The first-order chi connectivity index (χ1) is 6.07. The number of hydrogen-bond donors (Lipinski definition) is 0. The van der Waals surface area contributed by atoms with Crippen molar-refractivity contribution in [2.24, 2.45) is 0 Å². The highest BCUT2D eigenvalue weighted by molar-refractivity contribution is 6.32. The molecule has 0 aromatic heterocycles. The van der Waals surface area contributed by atoms with Crippen LogP contribution in [0.5, 0.6) is 5.75 Å². The van der Waals surface area contributed by atoms with E-state index >= 15 is 0 Å². The third kappa shape index (κ3) is 1.94. The first-order valence-corrected chi connectivity index (χ1v) is 4.47. The summed E-state index contributed by atoms with van der Waals surface area (Å²) in [5.74, 6) is 0.271. The molecule has 0 heterocycles. The Bertz CT molecular complexity index is 310. The first kappa shape index (κ1) is 10.3. The van der Waals surface area contributed by atoms with Crippen molar-refractivity contribution in [1.82, 2.24) is 0 Å². The smallest absolute Gasteiger partial charge is 0.145 e. The Labute approximate surface area is 82.5 Å². The van der Waals surface area contributed by atoms with E-state index in [4.69, 9.17) is 16.3 Å². The second-order valence-electron chi connectivity index (χ2n) is 3.14. The molecule has 0 saturated heterocycles. The summed E-state index contributed by atoms with van der Waals surface area (Å²) in [6, 6.07) is 3.06. The molecule has 0 radical (unpaired) electrons. The number of methoxy groups -OCH3 is 1. The molecule has 1 aromatic rings. The van der Waals surface area contributed by atoms with Crippen LogP contribution in [-0.4, -0.2) is 7.11 Å². The Morgan fingerprint density at radius 1 is 1.38 bits per heavy atom. The van der Waals surface area contributed by atoms with Crippen LogP contribution in [-0.2, 0) is 0 Å². The van der Waals surface area contributed by atoms with E-state index in [1.807, 2.05) is 13.8 Å². The molecule has 0 aliphatic heterocycles. The molecule has 0 unspecified atom stereocenters. The van der Waals surface area contributed by atoms with E-state index in [1.165, 1.54) is 13.2 Å². The summed E-state index contributed by atoms with van der Waals surface area (Å²) >= 11 is 5.74. The van der Waals surface area contributed by atoms with Crippen LogP contribution in [0.1, 0.15) is 25.3 Å². The summed E-state index contributed by atoms with van der Waals surface area (Å²) in [4.78, 5) is 0. The maximum absolute atomic E-state index is 13.0. The van der Waals surface area contributed by atoms with Crippen LogP contribution in [0, 0.1) is 5.82 Å². The van der Waals surface area contributed by atoms with Crippen molar-refractivity contribution >= 4 is 11.6 Å². The molecule has 0 N–H and O–H groups in total. The van der Waals surface area contributed by atoms with Crippen molar-refractivity contribution < 1.29 is 9.13 Å². The Morgan fingerprint density at radius 3 is 2.46 bits per heavy atom. The standard InChI is InChI=1S/C10H12ClFO/c1-6(2)7-4-5-8(12)9(11)10(7)13-3/h4-6H,1-3H3. The van der Waals surface area contributed by atoms with Gasteiger partial charge in [-0.15, -0.1) is 0 Å². The lowest BCUT2D eigenvalue weighted by Gasteiger charge is -2.13. The molecule has 1 aromatic carbocycles. The van der Waals surface area contributed by atoms with Gasteiger partial charge in [-0.2, -0.15) is 0 Å². The minimum Gasteiger partial charge on any atom is -0.495 e. The van der Waals surface area contributed by atoms with E-state index in [2.05, 4.69) is 0 Å². The molecule has 0 amide bonds. The lowest BCUT2D eigenvalue weighted by molar-refractivity contribution is 0.404. The largest absolute Gasteiger partial charge is 0.495 e. The van der Waals surface area contributed by atoms with E-state index in [0.29, 0.717) is 5.75 Å². The van der Waals surface area contributed by atoms with Gasteiger partial charge in [0.25, 0.3) is 0 Å². The third-order valence-corrected chi connectivity index (χ3v) is 2.26. The molecule has 72 valence electrons. The molecule has 0 bridgehead atoms. The molecule has 0 spiro atoms. The quantitative estimate of drug-likeness (QED) is 0.712. The molecule has 0 aliphatic rings. The minimum atomic E-state index is -0.442. The Morgan fingerprint density at radius 2 is 2.00 bits per heavy atom. The minimum absolute atomic E-state index is 0.0636. The number of hydrogen-bond acceptors (Lipinski definition) is 1. The topological polar surface area (TPSA) is 9.23 Å². The van der Waals surface area contributed by atoms with Gasteiger partial charge >= 0.3 is 0 Å². The predicted molar refractivity (Wildman–Crippen MR) is 52.1 cm³/mol. The van der Waals surface area contributed by atoms with Gasteiger partial charge in [0.15, 0.2) is 0 Å². The maximum Gasteiger partial charge on any atom is 0.145 e. The summed E-state index contributed by atoms with van der Waals surface area (Å²) in [5.41, 5.74) is 0.925. The van der Waals surface area contributed by atoms with Gasteiger partial charge < -0.3 is 4.74 Å². The molecule has 3 heteroatoms. The number of halogens is 2. The summed E-state index contributed by atoms with van der Waals surface area (Å²) in [6.07, 6.45) is 0. The summed E-state index contributed by atoms with van der Waals surface area (Å²) in [5, 5.41) is 0.0636. The second kappa shape index (κ2) is 3.97. The Hall–Kier alpha value is -0.760. The SMILES string of the molecule is COc1c(C(C)C)ccc(F)c1Cl. The van der Waals surface area contributed by atoms with Gasteiger partial charge in [0.1, 0.15) is 16.6 Å². The molecule has 0 saturated carbocycles. The van der Waals surface area contributed by atoms with Crippen LogP contribution in [0.2, 0.25) is 5.02 Å². The van der Waals surface area contributed by atoms with E-state index < -0.39 is 5.82 Å². The van der Waals surface area contributed by atoms with E-state index in [-0.39, 0.29) is 10.9 Å². The first-order valence-electron chi connectivity index (χ1n) is 4.09. The lowest BCUT2D eigenvalue weighted by Crippen LogP contribution is -1.96. The molecule has 0 atom stereocenters. The van der Waals surface area contributed by atoms with Gasteiger partial charge in [-0.3, -0.25) is 0 Å². The number of rotatable bonds is 2. The monoisotopic (exact) mass is 202 g/mol. The zero-order valence-corrected chi connectivity index (χ0v) is 8.65. The highest BCUT2D eigenvalue weighted by Gasteiger charge is 2.14. The van der Waals surface area contributed by atoms with Crippen LogP contribution in [0.3, 0.4) is 0 Å². The van der Waals surface area contributed by atoms with Crippen LogP contribution >= 0.6 is 11.6 Å². The van der Waals surface area contributed by atoms with Crippen molar-refractivity contribution in [3.05, 3.63) is 28.5 Å². The maximum atomic E-state index is 13.0. The van der Waals surface area contributed by atoms with Gasteiger partial charge in [-0.25, -0.2) is 4.39 Å². The Kier molecular flexibility index (Phi) is 3.15. The van der Waals surface area contributed by atoms with Crippen molar-refractivity contribution in [2.45, 2.75) is 19.8 Å². The fraction of sp³-hybridized carbons (Fsp3) is 0.400. The van der Waals surface area contributed by atoms with Crippen LogP contribution in [0.15, 0.2) is 12.1 Å². The second-order valence-corrected chi connectivity index (χ2v) is 3.52. The van der Waals surface area contributed by atoms with Crippen molar-refractivity contribution in [3.63, 3.8) is 0 Å². The number of ether oxygens (including phenoxy) is 1. The predicted octanol–water partition coefficient (Wildman–Crippen LogP) is 3.61. The third-order valence-electron chi connectivity index (χ3n) is 1.91. The van der Waals surface area contributed by atoms with Crippen molar-refractivity contribution in [2.75, 3.05) is 7.11 Å². The zero-order chi connectivity index (χ0) is 10.0. The highest BCUT2D eigenvalue weighted by Crippen LogP contribution is 2.34. The summed E-state index contributed by atoms with van der Waals surface area (Å²) in [6.45, 7) is 4.01. The van der Waals surface area contributed by atoms with E-state index in [9.17, 15) is 4.39 Å². The molecule has 0 fully saturated rings. The molecule has 0 aliphatic carbocycles. The van der Waals surface area contributed by atoms with Gasteiger partial charge in [-0.05, 0) is 17.5 Å². The molecule has 1 rings (SSSR count). The number of benzene rings is 1. The summed E-state index contributed by atoms with van der Waals surface area (Å²) < 4.78 is 18.0. The van der Waals surface area contributed by atoms with Crippen LogP contribution < -0.4 is 4.74 Å². The van der Waals surface area contributed by atoms with Crippen LogP contribution in [0.4, 0.5) is 4.39 Å². The Balaban J connectivity index is 3.30. The van der Waals surface area contributed by atoms with Gasteiger partial charge in [0.2, 0.25) is 0 Å². The normalized spacial score (nSPS) is 10.6. The van der Waals surface area contributed by atoms with Gasteiger partial charge in [0, 0.05) is 0 Å². The van der Waals surface area contributed by atoms with Gasteiger partial charge in [0.05, 0.1) is 7.11 Å². The highest BCUT2D eigenvalue weighted by atomic mass is 35.5. The van der Waals surface area contributed by atoms with Gasteiger partial charge in [-0.1, -0.05) is 31.5 Å². The van der Waals surface area contributed by atoms with Crippen molar-refractivity contribution in [1.29, 1.82) is 0 Å². The van der Waals surface area contributed by atoms with Crippen LogP contribution in [0.25, 0.3) is 0 Å². The fourth-order valence-corrected chi connectivity index (χ4v) is 1.46. The zero-order valence-electron chi connectivity index (χ0n) is 7.90. The average Bonchev–Trinajstić information content (AvgIpc) is 2.09. The molecular weight excluding hydrogens is 191 g/mol. The molecule has 13 heavy (non-hydrogen) atoms. The van der Waals surface area contributed by atoms with E-state index in [0.717, 1.165) is 5.56 Å². The lowest BCUT2D eigenvalue weighted by atomic mass is 10.0. The molecule has 1 nitrogen and oxygen atoms in total. The molecular formula is C10H12ClFO. The van der Waals surface area contributed by atoms with E-state index in [1.54, 1.807) is 6.07 Å². The summed E-state index contributed by atoms with van der Waals surface area (Å²) in [7, 11) is 1.49. The average molecular weight is 203 g/mol.